The molecule has 2 bridgehead atoms. The number of allylic oxidation sites excluding steroid dienone is 2. The van der Waals surface area contributed by atoms with E-state index in [4.69, 9.17) is 5.73 Å². The molecule has 1 fully saturated rings. The first kappa shape index (κ1) is 11.5. The Morgan fingerprint density at radius 1 is 1.44 bits per heavy atom. The summed E-state index contributed by atoms with van der Waals surface area (Å²) in [6, 6.07) is 0.0759. The van der Waals surface area contributed by atoms with E-state index in [0.29, 0.717) is 12.6 Å². The third-order valence-corrected chi connectivity index (χ3v) is 3.86. The number of nitrogens with one attached hydrogen (secondary N) is 2. The van der Waals surface area contributed by atoms with E-state index in [1.54, 1.807) is 0 Å². The molecule has 1 saturated carbocycles. The molecule has 0 radical (unpaired) electrons. The fraction of sp³-hybridized carbons (Fsp3) is 0.750. The number of nitrogens with two attached hydrogens (primary N) is 1. The summed E-state index contributed by atoms with van der Waals surface area (Å²) in [4.78, 5) is 10.5. The molecule has 4 atom stereocenters. The number of amides is 2. The zero-order chi connectivity index (χ0) is 11.5. The Balaban J connectivity index is 1.66. The van der Waals surface area contributed by atoms with E-state index in [2.05, 4.69) is 29.7 Å². The Morgan fingerprint density at radius 3 is 2.81 bits per heavy atom. The molecular weight excluding hydrogens is 202 g/mol. The third-order valence-electron chi connectivity index (χ3n) is 3.86. The number of hydrogen-bond donors (Lipinski definition) is 3. The molecule has 4 unspecified atom stereocenters. The second-order valence-electron chi connectivity index (χ2n) is 4.98. The van der Waals surface area contributed by atoms with Gasteiger partial charge in [0, 0.05) is 19.1 Å². The maximum Gasteiger partial charge on any atom is 0.312 e. The van der Waals surface area contributed by atoms with Crippen LogP contribution in [0.4, 0.5) is 4.79 Å². The first-order valence-corrected chi connectivity index (χ1v) is 6.12. The van der Waals surface area contributed by atoms with Crippen molar-refractivity contribution in [1.29, 1.82) is 0 Å². The van der Waals surface area contributed by atoms with Crippen LogP contribution in [-0.2, 0) is 0 Å². The van der Waals surface area contributed by atoms with Crippen LogP contribution in [0.1, 0.15) is 19.8 Å². The minimum atomic E-state index is -0.447. The Bertz CT molecular complexity index is 290. The van der Waals surface area contributed by atoms with E-state index in [1.165, 1.54) is 12.8 Å². The number of urea groups is 1. The summed E-state index contributed by atoms with van der Waals surface area (Å²) in [5, 5.41) is 6.05. The molecule has 0 heterocycles. The fourth-order valence-corrected chi connectivity index (χ4v) is 3.04. The molecule has 0 aromatic carbocycles. The lowest BCUT2D eigenvalue weighted by atomic mass is 9.87. The van der Waals surface area contributed by atoms with Crippen molar-refractivity contribution in [2.45, 2.75) is 25.8 Å². The maximum atomic E-state index is 10.5. The highest BCUT2D eigenvalue weighted by Gasteiger charge is 2.38. The van der Waals surface area contributed by atoms with Crippen molar-refractivity contribution in [1.82, 2.24) is 10.6 Å². The number of carbonyl (C=O) groups is 1. The summed E-state index contributed by atoms with van der Waals surface area (Å²) in [7, 11) is 0. The van der Waals surface area contributed by atoms with Crippen LogP contribution in [0.2, 0.25) is 0 Å². The smallest absolute Gasteiger partial charge is 0.312 e. The van der Waals surface area contributed by atoms with Crippen molar-refractivity contribution >= 4 is 6.03 Å². The topological polar surface area (TPSA) is 67.2 Å². The van der Waals surface area contributed by atoms with E-state index in [9.17, 15) is 4.79 Å². The van der Waals surface area contributed by atoms with Crippen LogP contribution in [0.15, 0.2) is 12.2 Å². The zero-order valence-electron chi connectivity index (χ0n) is 9.78. The van der Waals surface area contributed by atoms with E-state index in [-0.39, 0.29) is 0 Å². The van der Waals surface area contributed by atoms with Crippen LogP contribution in [0.5, 0.6) is 0 Å². The molecule has 2 rings (SSSR count). The predicted molar refractivity (Wildman–Crippen MR) is 63.9 cm³/mol. The highest BCUT2D eigenvalue weighted by Crippen LogP contribution is 2.44. The minimum Gasteiger partial charge on any atom is -0.352 e. The van der Waals surface area contributed by atoms with Gasteiger partial charge in [-0.25, -0.2) is 4.79 Å². The second-order valence-corrected chi connectivity index (χ2v) is 4.98. The van der Waals surface area contributed by atoms with Crippen molar-refractivity contribution in [3.63, 3.8) is 0 Å². The average Bonchev–Trinajstić information content (AvgIpc) is 2.85. The molecule has 2 aliphatic carbocycles. The van der Waals surface area contributed by atoms with Gasteiger partial charge < -0.3 is 16.4 Å². The van der Waals surface area contributed by atoms with Gasteiger partial charge in [0.1, 0.15) is 0 Å². The Kier molecular flexibility index (Phi) is 3.49. The van der Waals surface area contributed by atoms with Crippen LogP contribution in [0.25, 0.3) is 0 Å². The van der Waals surface area contributed by atoms with E-state index in [0.717, 1.165) is 24.3 Å². The van der Waals surface area contributed by atoms with Crippen LogP contribution >= 0.6 is 0 Å². The molecule has 4 nitrogen and oxygen atoms in total. The standard InChI is InChI=1S/C12H21N3O/c1-8(14-4-5-15-12(13)16)11-7-9-2-3-10(11)6-9/h2-3,8-11,14H,4-7H2,1H3,(H3,13,15,16). The maximum absolute atomic E-state index is 10.5. The van der Waals surface area contributed by atoms with Gasteiger partial charge in [-0.1, -0.05) is 12.2 Å². The van der Waals surface area contributed by atoms with Crippen molar-refractivity contribution < 1.29 is 4.79 Å². The summed E-state index contributed by atoms with van der Waals surface area (Å²) in [6.45, 7) is 3.64. The van der Waals surface area contributed by atoms with Gasteiger partial charge in [0.15, 0.2) is 0 Å². The summed E-state index contributed by atoms with van der Waals surface area (Å²) in [5.41, 5.74) is 4.99. The number of rotatable bonds is 5. The lowest BCUT2D eigenvalue weighted by Gasteiger charge is -2.26. The highest BCUT2D eigenvalue weighted by molar-refractivity contribution is 5.71. The molecule has 4 N–H and O–H groups in total. The third kappa shape index (κ3) is 2.55. The summed E-state index contributed by atoms with van der Waals surface area (Å²) in [5.74, 6) is 2.36. The van der Waals surface area contributed by atoms with Crippen LogP contribution in [0, 0.1) is 17.8 Å². The van der Waals surface area contributed by atoms with E-state index >= 15 is 0 Å². The average molecular weight is 223 g/mol. The van der Waals surface area contributed by atoms with Gasteiger partial charge >= 0.3 is 6.03 Å². The molecule has 90 valence electrons. The lowest BCUT2D eigenvalue weighted by molar-refractivity contribution is 0.248. The Hall–Kier alpha value is -1.03. The first-order valence-electron chi connectivity index (χ1n) is 6.12. The number of carbonyl (C=O) groups excluding carboxylic acids is 1. The molecule has 4 heteroatoms. The van der Waals surface area contributed by atoms with Crippen molar-refractivity contribution in [2.24, 2.45) is 23.5 Å². The highest BCUT2D eigenvalue weighted by atomic mass is 16.2. The van der Waals surface area contributed by atoms with Crippen molar-refractivity contribution in [3.05, 3.63) is 12.2 Å². The molecule has 2 aliphatic rings. The largest absolute Gasteiger partial charge is 0.352 e. The predicted octanol–water partition coefficient (Wildman–Crippen LogP) is 0.845. The van der Waals surface area contributed by atoms with Crippen molar-refractivity contribution in [3.8, 4) is 0 Å². The Morgan fingerprint density at radius 2 is 2.25 bits per heavy atom. The zero-order valence-corrected chi connectivity index (χ0v) is 9.78. The van der Waals surface area contributed by atoms with Crippen molar-refractivity contribution in [2.75, 3.05) is 13.1 Å². The summed E-state index contributed by atoms with van der Waals surface area (Å²) >= 11 is 0. The van der Waals surface area contributed by atoms with Gasteiger partial charge in [0.25, 0.3) is 0 Å². The SMILES string of the molecule is CC(NCCNC(N)=O)C1CC2C=CC1C2. The molecular formula is C12H21N3O. The minimum absolute atomic E-state index is 0.447. The van der Waals surface area contributed by atoms with E-state index < -0.39 is 6.03 Å². The van der Waals surface area contributed by atoms with Crippen LogP contribution in [-0.4, -0.2) is 25.2 Å². The fourth-order valence-electron chi connectivity index (χ4n) is 3.04. The summed E-state index contributed by atoms with van der Waals surface area (Å²) < 4.78 is 0. The van der Waals surface area contributed by atoms with Gasteiger partial charge in [0.05, 0.1) is 0 Å². The van der Waals surface area contributed by atoms with Gasteiger partial charge in [-0.3, -0.25) is 0 Å². The van der Waals surface area contributed by atoms with Crippen LogP contribution in [0.3, 0.4) is 0 Å². The molecule has 16 heavy (non-hydrogen) atoms. The second kappa shape index (κ2) is 4.87. The molecule has 0 saturated heterocycles. The quantitative estimate of drug-likeness (QED) is 0.478. The normalized spacial score (nSPS) is 32.9. The molecule has 0 aliphatic heterocycles. The lowest BCUT2D eigenvalue weighted by Crippen LogP contribution is -2.41. The number of fused-ring (bicyclic) bond motifs is 2. The Labute approximate surface area is 96.7 Å². The molecule has 0 aromatic rings. The molecule has 0 spiro atoms. The van der Waals surface area contributed by atoms with E-state index in [1.807, 2.05) is 0 Å². The molecule has 2 amide bonds. The van der Waals surface area contributed by atoms with Gasteiger partial charge in [-0.15, -0.1) is 0 Å². The number of hydrogen-bond acceptors (Lipinski definition) is 2. The van der Waals surface area contributed by atoms with Crippen LogP contribution < -0.4 is 16.4 Å². The number of primary amides is 1. The first-order chi connectivity index (χ1) is 7.66. The molecule has 0 aromatic heterocycles. The summed E-state index contributed by atoms with van der Waals surface area (Å²) in [6.07, 6.45) is 7.40. The van der Waals surface area contributed by atoms with Gasteiger partial charge in [-0.05, 0) is 37.5 Å². The monoisotopic (exact) mass is 223 g/mol. The van der Waals surface area contributed by atoms with Gasteiger partial charge in [-0.2, -0.15) is 0 Å². The van der Waals surface area contributed by atoms with Gasteiger partial charge in [0.2, 0.25) is 0 Å².